The van der Waals surface area contributed by atoms with Gasteiger partial charge in [0.15, 0.2) is 0 Å². The minimum Gasteiger partial charge on any atom is -0.326 e. The third kappa shape index (κ3) is 3.59. The molecule has 1 heterocycles. The number of nitrogens with zero attached hydrogens (tertiary/aromatic N) is 1. The summed E-state index contributed by atoms with van der Waals surface area (Å²) in [6, 6.07) is 5.06. The minimum atomic E-state index is -3.56. The first-order valence-corrected chi connectivity index (χ1v) is 9.32. The summed E-state index contributed by atoms with van der Waals surface area (Å²) < 4.78 is 27.6. The van der Waals surface area contributed by atoms with Gasteiger partial charge in [-0.25, -0.2) is 8.42 Å². The van der Waals surface area contributed by atoms with Crippen molar-refractivity contribution in [2.75, 3.05) is 6.54 Å². The maximum Gasteiger partial charge on any atom is 0.244 e. The number of sulfonamides is 1. The number of hydrogen-bond donors (Lipinski definition) is 1. The predicted octanol–water partition coefficient (Wildman–Crippen LogP) is 3.14. The highest BCUT2D eigenvalue weighted by atomic mass is 35.5. The van der Waals surface area contributed by atoms with Crippen molar-refractivity contribution in [3.05, 3.63) is 28.8 Å². The van der Waals surface area contributed by atoms with Crippen molar-refractivity contribution in [1.82, 2.24) is 4.31 Å². The average molecular weight is 331 g/mol. The topological polar surface area (TPSA) is 63.4 Å². The van der Waals surface area contributed by atoms with Crippen LogP contribution in [0, 0.1) is 0 Å². The second-order valence-electron chi connectivity index (χ2n) is 5.50. The van der Waals surface area contributed by atoms with Crippen LogP contribution in [0.4, 0.5) is 0 Å². The van der Waals surface area contributed by atoms with Crippen LogP contribution in [0.2, 0.25) is 5.02 Å². The highest BCUT2D eigenvalue weighted by Gasteiger charge is 2.32. The second kappa shape index (κ2) is 7.09. The van der Waals surface area contributed by atoms with E-state index in [0.717, 1.165) is 37.7 Å². The molecule has 1 aromatic carbocycles. The Morgan fingerprint density at radius 1 is 1.33 bits per heavy atom. The lowest BCUT2D eigenvalue weighted by atomic mass is 10.1. The van der Waals surface area contributed by atoms with E-state index in [0.29, 0.717) is 13.1 Å². The highest BCUT2D eigenvalue weighted by molar-refractivity contribution is 7.89. The molecule has 0 bridgehead atoms. The molecule has 6 heteroatoms. The van der Waals surface area contributed by atoms with Gasteiger partial charge in [-0.3, -0.25) is 0 Å². The van der Waals surface area contributed by atoms with Gasteiger partial charge in [0.05, 0.1) is 5.02 Å². The Kier molecular flexibility index (Phi) is 5.66. The minimum absolute atomic E-state index is 0.0649. The lowest BCUT2D eigenvalue weighted by Gasteiger charge is -2.28. The monoisotopic (exact) mass is 330 g/mol. The summed E-state index contributed by atoms with van der Waals surface area (Å²) >= 11 is 6.14. The van der Waals surface area contributed by atoms with Gasteiger partial charge in [-0.2, -0.15) is 4.31 Å². The lowest BCUT2D eigenvalue weighted by Crippen LogP contribution is -2.39. The first-order valence-electron chi connectivity index (χ1n) is 7.51. The molecule has 118 valence electrons. The molecule has 0 spiro atoms. The van der Waals surface area contributed by atoms with Crippen molar-refractivity contribution in [3.63, 3.8) is 0 Å². The maximum atomic E-state index is 13.0. The Balaban J connectivity index is 2.44. The molecule has 1 aromatic rings. The summed E-state index contributed by atoms with van der Waals surface area (Å²) in [6.07, 6.45) is 4.82. The molecule has 2 rings (SSSR count). The summed E-state index contributed by atoms with van der Waals surface area (Å²) in [6.45, 7) is 2.91. The van der Waals surface area contributed by atoms with Crippen LogP contribution in [0.1, 0.15) is 44.6 Å². The summed E-state index contributed by atoms with van der Waals surface area (Å²) in [5.41, 5.74) is 6.40. The maximum absolute atomic E-state index is 13.0. The molecule has 0 saturated carbocycles. The molecule has 1 aliphatic rings. The fourth-order valence-corrected chi connectivity index (χ4v) is 5.17. The largest absolute Gasteiger partial charge is 0.326 e. The third-order valence-electron chi connectivity index (χ3n) is 4.11. The molecule has 0 aliphatic carbocycles. The predicted molar refractivity (Wildman–Crippen MR) is 85.8 cm³/mol. The van der Waals surface area contributed by atoms with E-state index in [1.165, 1.54) is 0 Å². The van der Waals surface area contributed by atoms with Crippen LogP contribution in [-0.4, -0.2) is 25.3 Å². The zero-order valence-corrected chi connectivity index (χ0v) is 14.0. The molecule has 1 fully saturated rings. The first kappa shape index (κ1) is 16.7. The van der Waals surface area contributed by atoms with Crippen molar-refractivity contribution >= 4 is 21.6 Å². The number of nitrogens with two attached hydrogens (primary N) is 1. The van der Waals surface area contributed by atoms with Gasteiger partial charge in [-0.1, -0.05) is 37.4 Å². The van der Waals surface area contributed by atoms with Crippen molar-refractivity contribution in [1.29, 1.82) is 0 Å². The van der Waals surface area contributed by atoms with E-state index in [4.69, 9.17) is 17.3 Å². The van der Waals surface area contributed by atoms with Gasteiger partial charge in [-0.05, 0) is 37.0 Å². The van der Waals surface area contributed by atoms with Gasteiger partial charge in [0.1, 0.15) is 4.90 Å². The van der Waals surface area contributed by atoms with Crippen molar-refractivity contribution in [2.24, 2.45) is 5.73 Å². The van der Waals surface area contributed by atoms with E-state index < -0.39 is 10.0 Å². The van der Waals surface area contributed by atoms with Crippen LogP contribution >= 0.6 is 11.6 Å². The molecule has 1 aliphatic heterocycles. The molecular formula is C15H23ClN2O2S. The summed E-state index contributed by atoms with van der Waals surface area (Å²) in [7, 11) is -3.56. The second-order valence-corrected chi connectivity index (χ2v) is 7.76. The molecule has 2 N–H and O–H groups in total. The Bertz CT molecular complexity index is 589. The fraction of sp³-hybridized carbons (Fsp3) is 0.600. The molecular weight excluding hydrogens is 308 g/mol. The number of rotatable bonds is 4. The van der Waals surface area contributed by atoms with Crippen LogP contribution in [0.15, 0.2) is 23.1 Å². The van der Waals surface area contributed by atoms with E-state index in [9.17, 15) is 8.42 Å². The van der Waals surface area contributed by atoms with Crippen LogP contribution in [0.3, 0.4) is 0 Å². The van der Waals surface area contributed by atoms with Gasteiger partial charge >= 0.3 is 0 Å². The zero-order chi connectivity index (χ0) is 15.5. The summed E-state index contributed by atoms with van der Waals surface area (Å²) in [5, 5.41) is 0.270. The SMILES string of the molecule is CCC1CCCCCN1S(=O)(=O)c1cc(CN)ccc1Cl. The summed E-state index contributed by atoms with van der Waals surface area (Å²) in [4.78, 5) is 0.187. The van der Waals surface area contributed by atoms with E-state index in [1.807, 2.05) is 6.92 Å². The normalized spacial score (nSPS) is 21.2. The number of benzene rings is 1. The van der Waals surface area contributed by atoms with Crippen LogP contribution in [0.25, 0.3) is 0 Å². The molecule has 21 heavy (non-hydrogen) atoms. The zero-order valence-electron chi connectivity index (χ0n) is 12.4. The average Bonchev–Trinajstić information content (AvgIpc) is 2.73. The Labute approximate surface area is 132 Å². The molecule has 0 radical (unpaired) electrons. The van der Waals surface area contributed by atoms with Crippen molar-refractivity contribution in [2.45, 2.75) is 56.5 Å². The van der Waals surface area contributed by atoms with Gasteiger partial charge in [-0.15, -0.1) is 0 Å². The van der Waals surface area contributed by atoms with E-state index in [1.54, 1.807) is 22.5 Å². The van der Waals surface area contributed by atoms with E-state index >= 15 is 0 Å². The quantitative estimate of drug-likeness (QED) is 0.922. The Hall–Kier alpha value is -0.620. The number of halogens is 1. The molecule has 1 saturated heterocycles. The van der Waals surface area contributed by atoms with E-state index in [2.05, 4.69) is 0 Å². The van der Waals surface area contributed by atoms with Crippen LogP contribution < -0.4 is 5.73 Å². The fourth-order valence-electron chi connectivity index (χ4n) is 2.87. The Morgan fingerprint density at radius 3 is 2.76 bits per heavy atom. The molecule has 0 amide bonds. The summed E-state index contributed by atoms with van der Waals surface area (Å²) in [5.74, 6) is 0. The van der Waals surface area contributed by atoms with Crippen molar-refractivity contribution < 1.29 is 8.42 Å². The van der Waals surface area contributed by atoms with Crippen LogP contribution in [-0.2, 0) is 16.6 Å². The van der Waals surface area contributed by atoms with E-state index in [-0.39, 0.29) is 16.0 Å². The van der Waals surface area contributed by atoms with Gasteiger partial charge in [0, 0.05) is 19.1 Å². The standard InChI is InChI=1S/C15H23ClN2O2S/c1-2-13-6-4-3-5-9-18(13)21(19,20)15-10-12(11-17)7-8-14(15)16/h7-8,10,13H,2-6,9,11,17H2,1H3. The first-order chi connectivity index (χ1) is 10.0. The van der Waals surface area contributed by atoms with Crippen LogP contribution in [0.5, 0.6) is 0 Å². The van der Waals surface area contributed by atoms with Gasteiger partial charge in [0.25, 0.3) is 0 Å². The number of hydrogen-bond acceptors (Lipinski definition) is 3. The molecule has 4 nitrogen and oxygen atoms in total. The highest BCUT2D eigenvalue weighted by Crippen LogP contribution is 2.30. The van der Waals surface area contributed by atoms with Crippen molar-refractivity contribution in [3.8, 4) is 0 Å². The molecule has 0 aromatic heterocycles. The van der Waals surface area contributed by atoms with Gasteiger partial charge < -0.3 is 5.73 Å². The molecule has 1 atom stereocenters. The third-order valence-corrected chi connectivity index (χ3v) is 6.55. The molecule has 1 unspecified atom stereocenters. The lowest BCUT2D eigenvalue weighted by molar-refractivity contribution is 0.315. The van der Waals surface area contributed by atoms with Gasteiger partial charge in [0.2, 0.25) is 10.0 Å². The Morgan fingerprint density at radius 2 is 2.10 bits per heavy atom. The smallest absolute Gasteiger partial charge is 0.244 e.